The molecule has 0 spiro atoms. The summed E-state index contributed by atoms with van der Waals surface area (Å²) in [6, 6.07) is 13.4. The van der Waals surface area contributed by atoms with Crippen molar-refractivity contribution in [3.63, 3.8) is 0 Å². The summed E-state index contributed by atoms with van der Waals surface area (Å²) in [4.78, 5) is 31.7. The second-order valence-electron chi connectivity index (χ2n) is 10.6. The van der Waals surface area contributed by atoms with E-state index in [1.54, 1.807) is 24.3 Å². The maximum atomic E-state index is 14.2. The molecule has 1 N–H and O–H groups in total. The van der Waals surface area contributed by atoms with Crippen LogP contribution >= 0.6 is 0 Å². The van der Waals surface area contributed by atoms with Gasteiger partial charge in [0, 0.05) is 32.8 Å². The summed E-state index contributed by atoms with van der Waals surface area (Å²) in [6.07, 6.45) is 1.69. The smallest absolute Gasteiger partial charge is 0.290 e. The van der Waals surface area contributed by atoms with Gasteiger partial charge >= 0.3 is 0 Å². The Balaban J connectivity index is 1.31. The molecule has 2 amide bonds. The number of amides is 2. The van der Waals surface area contributed by atoms with Crippen LogP contribution in [-0.4, -0.2) is 74.0 Å². The molecule has 4 heterocycles. The van der Waals surface area contributed by atoms with E-state index in [-0.39, 0.29) is 25.2 Å². The summed E-state index contributed by atoms with van der Waals surface area (Å²) in [5, 5.41) is 2.97. The Morgan fingerprint density at radius 3 is 2.60 bits per heavy atom. The van der Waals surface area contributed by atoms with Crippen LogP contribution in [0.15, 0.2) is 59.0 Å². The average Bonchev–Trinajstić information content (AvgIpc) is 3.79. The first-order chi connectivity index (χ1) is 20.5. The van der Waals surface area contributed by atoms with Crippen LogP contribution in [0.5, 0.6) is 11.5 Å². The minimum Gasteiger partial charge on any atom is -0.455 e. The predicted octanol–water partition coefficient (Wildman–Crippen LogP) is 3.66. The van der Waals surface area contributed by atoms with Crippen molar-refractivity contribution in [2.75, 3.05) is 46.2 Å². The first-order valence-corrected chi connectivity index (χ1v) is 14.3. The molecule has 3 aliphatic heterocycles. The Hall–Kier alpha value is -3.93. The number of fused-ring (bicyclic) bond motifs is 1. The first kappa shape index (κ1) is 28.2. The Morgan fingerprint density at radius 2 is 1.81 bits per heavy atom. The average molecular weight is 580 g/mol. The lowest BCUT2D eigenvalue weighted by molar-refractivity contribution is -0.126. The van der Waals surface area contributed by atoms with Crippen LogP contribution in [0.25, 0.3) is 0 Å². The summed E-state index contributed by atoms with van der Waals surface area (Å²) in [5.74, 6) is 0.618. The van der Waals surface area contributed by atoms with E-state index in [4.69, 9.17) is 23.4 Å². The van der Waals surface area contributed by atoms with Crippen molar-refractivity contribution < 1.29 is 37.3 Å². The molecule has 0 unspecified atom stereocenters. The zero-order chi connectivity index (χ0) is 28.9. The number of morpholine rings is 1. The molecular weight excluding hydrogens is 545 g/mol. The maximum Gasteiger partial charge on any atom is 0.290 e. The number of benzene rings is 2. The van der Waals surface area contributed by atoms with Crippen LogP contribution < -0.4 is 14.8 Å². The quantitative estimate of drug-likeness (QED) is 0.389. The fourth-order valence-electron chi connectivity index (χ4n) is 5.45. The van der Waals surface area contributed by atoms with Crippen molar-refractivity contribution in [3.05, 3.63) is 83.1 Å². The highest BCUT2D eigenvalue weighted by molar-refractivity contribution is 5.96. The van der Waals surface area contributed by atoms with Crippen molar-refractivity contribution >= 4 is 11.8 Å². The van der Waals surface area contributed by atoms with Gasteiger partial charge in [0.15, 0.2) is 17.3 Å². The summed E-state index contributed by atoms with van der Waals surface area (Å²) >= 11 is 0. The molecule has 222 valence electrons. The Bertz CT molecular complexity index is 1380. The monoisotopic (exact) mass is 579 g/mol. The molecule has 2 fully saturated rings. The molecule has 10 nitrogen and oxygen atoms in total. The summed E-state index contributed by atoms with van der Waals surface area (Å²) in [6.45, 7) is 4.53. The Kier molecular flexibility index (Phi) is 8.68. The van der Waals surface area contributed by atoms with Gasteiger partial charge in [-0.05, 0) is 60.4 Å². The van der Waals surface area contributed by atoms with E-state index in [0.717, 1.165) is 31.5 Å². The highest BCUT2D eigenvalue weighted by Gasteiger charge is 2.34. The number of furan rings is 1. The SMILES string of the molecule is O=C(NC[C@@H]1CCCO1)[C@H](c1ccc(F)cc1)N(Cc1ccc2c(c1)OCO2)C(=O)c1ccc(CN2CCOCC2)o1. The van der Waals surface area contributed by atoms with E-state index in [2.05, 4.69) is 10.2 Å². The van der Waals surface area contributed by atoms with E-state index in [1.807, 2.05) is 6.07 Å². The molecule has 2 saturated heterocycles. The molecule has 0 aliphatic carbocycles. The Morgan fingerprint density at radius 1 is 1.00 bits per heavy atom. The largest absolute Gasteiger partial charge is 0.455 e. The van der Waals surface area contributed by atoms with E-state index >= 15 is 0 Å². The minimum absolute atomic E-state index is 0.0599. The number of carbonyl (C=O) groups is 2. The maximum absolute atomic E-state index is 14.2. The van der Waals surface area contributed by atoms with Gasteiger partial charge in [0.05, 0.1) is 25.9 Å². The van der Waals surface area contributed by atoms with Crippen LogP contribution in [0.4, 0.5) is 4.39 Å². The summed E-state index contributed by atoms with van der Waals surface area (Å²) < 4.78 is 42.1. The zero-order valence-electron chi connectivity index (χ0n) is 23.3. The van der Waals surface area contributed by atoms with Crippen LogP contribution in [0.1, 0.15) is 46.3 Å². The molecule has 0 saturated carbocycles. The lowest BCUT2D eigenvalue weighted by Gasteiger charge is -2.31. The fourth-order valence-corrected chi connectivity index (χ4v) is 5.45. The number of carbonyl (C=O) groups excluding carboxylic acids is 2. The van der Waals surface area contributed by atoms with Crippen LogP contribution in [-0.2, 0) is 27.4 Å². The highest BCUT2D eigenvalue weighted by atomic mass is 19.1. The zero-order valence-corrected chi connectivity index (χ0v) is 23.3. The van der Waals surface area contributed by atoms with Crippen LogP contribution in [0, 0.1) is 5.82 Å². The molecule has 6 rings (SSSR count). The molecule has 3 aliphatic rings. The number of nitrogens with one attached hydrogen (secondary N) is 1. The molecule has 3 aromatic rings. The third-order valence-corrected chi connectivity index (χ3v) is 7.68. The van der Waals surface area contributed by atoms with Gasteiger partial charge in [-0.15, -0.1) is 0 Å². The summed E-state index contributed by atoms with van der Waals surface area (Å²) in [5.41, 5.74) is 1.20. The van der Waals surface area contributed by atoms with Gasteiger partial charge in [-0.2, -0.15) is 0 Å². The lowest BCUT2D eigenvalue weighted by atomic mass is 10.0. The van der Waals surface area contributed by atoms with E-state index < -0.39 is 23.7 Å². The molecule has 1 aromatic heterocycles. The minimum atomic E-state index is -1.07. The third-order valence-electron chi connectivity index (χ3n) is 7.68. The van der Waals surface area contributed by atoms with Crippen molar-refractivity contribution in [2.24, 2.45) is 0 Å². The Labute approximate surface area is 243 Å². The molecule has 11 heteroatoms. The van der Waals surface area contributed by atoms with Crippen molar-refractivity contribution in [1.82, 2.24) is 15.1 Å². The third kappa shape index (κ3) is 6.59. The van der Waals surface area contributed by atoms with Gasteiger partial charge in [0.2, 0.25) is 12.7 Å². The van der Waals surface area contributed by atoms with Gasteiger partial charge in [-0.3, -0.25) is 14.5 Å². The number of hydrogen-bond acceptors (Lipinski definition) is 8. The van der Waals surface area contributed by atoms with Gasteiger partial charge in [0.25, 0.3) is 5.91 Å². The number of hydrogen-bond donors (Lipinski definition) is 1. The van der Waals surface area contributed by atoms with Crippen molar-refractivity contribution in [2.45, 2.75) is 38.1 Å². The van der Waals surface area contributed by atoms with Crippen LogP contribution in [0.2, 0.25) is 0 Å². The van der Waals surface area contributed by atoms with E-state index in [0.29, 0.717) is 55.7 Å². The molecular formula is C31H34FN3O7. The first-order valence-electron chi connectivity index (χ1n) is 14.3. The normalized spacial score (nSPS) is 19.0. The number of ether oxygens (including phenoxy) is 4. The summed E-state index contributed by atoms with van der Waals surface area (Å²) in [7, 11) is 0. The topological polar surface area (TPSA) is 103 Å². The lowest BCUT2D eigenvalue weighted by Crippen LogP contribution is -2.45. The number of halogens is 1. The van der Waals surface area contributed by atoms with Gasteiger partial charge in [0.1, 0.15) is 17.6 Å². The molecule has 0 bridgehead atoms. The second-order valence-corrected chi connectivity index (χ2v) is 10.6. The molecule has 2 atom stereocenters. The van der Waals surface area contributed by atoms with Gasteiger partial charge in [-0.25, -0.2) is 4.39 Å². The van der Waals surface area contributed by atoms with Gasteiger partial charge in [-0.1, -0.05) is 18.2 Å². The van der Waals surface area contributed by atoms with Crippen LogP contribution in [0.3, 0.4) is 0 Å². The molecule has 0 radical (unpaired) electrons. The van der Waals surface area contributed by atoms with Crippen molar-refractivity contribution in [3.8, 4) is 11.5 Å². The van der Waals surface area contributed by atoms with Gasteiger partial charge < -0.3 is 33.6 Å². The molecule has 2 aromatic carbocycles. The fraction of sp³-hybridized carbons (Fsp3) is 0.419. The van der Waals surface area contributed by atoms with Crippen molar-refractivity contribution in [1.29, 1.82) is 0 Å². The number of rotatable bonds is 10. The highest BCUT2D eigenvalue weighted by Crippen LogP contribution is 2.34. The number of nitrogens with zero attached hydrogens (tertiary/aromatic N) is 2. The predicted molar refractivity (Wildman–Crippen MR) is 148 cm³/mol. The van der Waals surface area contributed by atoms with E-state index in [9.17, 15) is 14.0 Å². The molecule has 42 heavy (non-hydrogen) atoms. The standard InChI is InChI=1S/C31H34FN3O7/c32-23-6-4-22(5-7-23)29(30(36)33-17-24-2-1-13-39-24)35(18-21-3-9-26-28(16-21)41-20-40-26)31(37)27-10-8-25(42-27)19-34-11-14-38-15-12-34/h3-10,16,24,29H,1-2,11-15,17-20H2,(H,33,36)/t24-,29-/m0/s1. The second kappa shape index (κ2) is 12.9. The van der Waals surface area contributed by atoms with E-state index in [1.165, 1.54) is 29.2 Å².